The van der Waals surface area contributed by atoms with E-state index in [1.54, 1.807) is 0 Å². The molecule has 5 aliphatic rings. The molecule has 264 valence electrons. The molecule has 2 heterocycles. The molecule has 4 bridgehead atoms. The van der Waals surface area contributed by atoms with Gasteiger partial charge in [0.1, 0.15) is 0 Å². The maximum atomic E-state index is 14.3. The molecule has 3 fully saturated rings. The fourth-order valence-corrected chi connectivity index (χ4v) is 15.8. The number of nitrogens with one attached hydrogen (secondary N) is 2. The van der Waals surface area contributed by atoms with Crippen LogP contribution in [0.4, 0.5) is 0 Å². The van der Waals surface area contributed by atoms with Gasteiger partial charge in [-0.05, 0) is 96.6 Å². The second-order valence-electron chi connectivity index (χ2n) is 17.3. The number of fused-ring (bicyclic) bond motifs is 12. The third kappa shape index (κ3) is 4.59. The highest BCUT2D eigenvalue weighted by molar-refractivity contribution is 7.89. The molecular formula is C40H48N4O4S2. The maximum Gasteiger partial charge on any atom is 0.212 e. The van der Waals surface area contributed by atoms with Gasteiger partial charge in [-0.15, -0.1) is 0 Å². The molecule has 0 spiro atoms. The Morgan fingerprint density at radius 3 is 1.44 bits per heavy atom. The largest absolute Gasteiger partial charge is 0.252 e. The standard InChI is InChI=1S/C40H48N4O4S2/c1-37(2)29-17-19-39(37,35-27(29)21-25-11-5-7-13-31(25)41-35)23-49(45,46)43-33-15-9-10-16-34(33)44-50(47,48)24-40-20-18-30(38(40,3)4)28-22-26-12-6-8-14-32(26)42-36(28)40/h5-8,11-14,21-22,29-30,33-34,43-44H,9-10,15-20,23-24H2,1-4H3/t29-,30-,33-,34-,39-,40-/m1/s1. The summed E-state index contributed by atoms with van der Waals surface area (Å²) in [6.45, 7) is 8.82. The number of rotatable bonds is 8. The molecule has 6 atom stereocenters. The lowest BCUT2D eigenvalue weighted by Crippen LogP contribution is -2.56. The van der Waals surface area contributed by atoms with Gasteiger partial charge in [0.15, 0.2) is 0 Å². The summed E-state index contributed by atoms with van der Waals surface area (Å²) in [5.74, 6) is 0.414. The third-order valence-corrected chi connectivity index (χ3v) is 17.5. The average molecular weight is 713 g/mol. The normalized spacial score (nSPS) is 32.1. The molecule has 5 aliphatic carbocycles. The van der Waals surface area contributed by atoms with E-state index in [2.05, 4.69) is 61.4 Å². The first kappa shape index (κ1) is 33.0. The Labute approximate surface area is 296 Å². The number of pyridine rings is 2. The van der Waals surface area contributed by atoms with Crippen LogP contribution in [0.5, 0.6) is 0 Å². The number of para-hydroxylation sites is 2. The second-order valence-corrected chi connectivity index (χ2v) is 20.8. The molecule has 10 heteroatoms. The van der Waals surface area contributed by atoms with Crippen molar-refractivity contribution in [2.45, 2.75) is 114 Å². The molecule has 3 saturated carbocycles. The number of aromatic nitrogens is 2. The second kappa shape index (κ2) is 10.8. The molecule has 0 aliphatic heterocycles. The van der Waals surface area contributed by atoms with E-state index in [-0.39, 0.29) is 34.2 Å². The Hall–Kier alpha value is -2.92. The molecule has 50 heavy (non-hydrogen) atoms. The lowest BCUT2D eigenvalue weighted by molar-refractivity contribution is 0.227. The van der Waals surface area contributed by atoms with Crippen molar-refractivity contribution in [2.75, 3.05) is 11.5 Å². The highest BCUT2D eigenvalue weighted by Gasteiger charge is 2.66. The number of hydrogen-bond acceptors (Lipinski definition) is 6. The summed E-state index contributed by atoms with van der Waals surface area (Å²) in [6.07, 6.45) is 6.32. The van der Waals surface area contributed by atoms with Gasteiger partial charge in [0, 0.05) is 33.7 Å². The van der Waals surface area contributed by atoms with Gasteiger partial charge in [0.05, 0.1) is 33.9 Å². The van der Waals surface area contributed by atoms with Crippen molar-refractivity contribution in [3.63, 3.8) is 0 Å². The summed E-state index contributed by atoms with van der Waals surface area (Å²) < 4.78 is 63.3. The molecule has 4 aromatic rings. The number of benzene rings is 2. The van der Waals surface area contributed by atoms with Gasteiger partial charge >= 0.3 is 0 Å². The summed E-state index contributed by atoms with van der Waals surface area (Å²) in [4.78, 5) is 10.2. The first-order chi connectivity index (χ1) is 23.7. The minimum atomic E-state index is -3.81. The van der Waals surface area contributed by atoms with Crippen LogP contribution >= 0.6 is 0 Å². The summed E-state index contributed by atoms with van der Waals surface area (Å²) in [5.41, 5.74) is 4.26. The molecule has 0 radical (unpaired) electrons. The van der Waals surface area contributed by atoms with Gasteiger partial charge in [-0.25, -0.2) is 26.3 Å². The Morgan fingerprint density at radius 2 is 1.02 bits per heavy atom. The minimum absolute atomic E-state index is 0.0487. The number of nitrogens with zero attached hydrogens (tertiary/aromatic N) is 2. The van der Waals surface area contributed by atoms with Crippen molar-refractivity contribution in [1.29, 1.82) is 0 Å². The summed E-state index contributed by atoms with van der Waals surface area (Å²) in [6, 6.07) is 19.6. The van der Waals surface area contributed by atoms with Crippen molar-refractivity contribution in [3.05, 3.63) is 83.2 Å². The number of sulfonamides is 2. The summed E-state index contributed by atoms with van der Waals surface area (Å²) >= 11 is 0. The summed E-state index contributed by atoms with van der Waals surface area (Å²) in [5, 5.41) is 2.17. The van der Waals surface area contributed by atoms with E-state index in [1.807, 2.05) is 36.4 Å². The zero-order valence-corrected chi connectivity index (χ0v) is 31.1. The smallest absolute Gasteiger partial charge is 0.212 e. The van der Waals surface area contributed by atoms with Crippen LogP contribution in [0.3, 0.4) is 0 Å². The van der Waals surface area contributed by atoms with Crippen molar-refractivity contribution < 1.29 is 16.8 Å². The SMILES string of the molecule is CC1(C)[C@@H]2CC[C@@]1(CS(=O)(=O)N[C@@H]1CCCC[C@H]1NS(=O)(=O)C[C@]13CC[C@H](c4cc5ccccc5nc41)C3(C)C)c1nc3ccccc3cc12. The fraction of sp³-hybridized carbons (Fsp3) is 0.550. The third-order valence-electron chi connectivity index (χ3n) is 14.4. The number of hydrogen-bond donors (Lipinski definition) is 2. The van der Waals surface area contributed by atoms with Crippen LogP contribution in [0.2, 0.25) is 0 Å². The highest BCUT2D eigenvalue weighted by Crippen LogP contribution is 2.69. The van der Waals surface area contributed by atoms with Gasteiger partial charge in [0.2, 0.25) is 20.0 Å². The van der Waals surface area contributed by atoms with E-state index in [0.717, 1.165) is 71.7 Å². The van der Waals surface area contributed by atoms with Crippen LogP contribution in [0.1, 0.15) is 113 Å². The van der Waals surface area contributed by atoms with E-state index >= 15 is 0 Å². The molecule has 0 amide bonds. The predicted molar refractivity (Wildman–Crippen MR) is 198 cm³/mol. The van der Waals surface area contributed by atoms with Crippen molar-refractivity contribution in [1.82, 2.24) is 19.4 Å². The maximum absolute atomic E-state index is 14.3. The van der Waals surface area contributed by atoms with Crippen LogP contribution < -0.4 is 9.44 Å². The van der Waals surface area contributed by atoms with E-state index in [0.29, 0.717) is 12.8 Å². The zero-order valence-electron chi connectivity index (χ0n) is 29.5. The monoisotopic (exact) mass is 712 g/mol. The van der Waals surface area contributed by atoms with Gasteiger partial charge in [-0.2, -0.15) is 0 Å². The Kier molecular flexibility index (Phi) is 7.12. The Balaban J connectivity index is 0.983. The van der Waals surface area contributed by atoms with Crippen LogP contribution in [0, 0.1) is 10.8 Å². The van der Waals surface area contributed by atoms with Gasteiger partial charge in [0.25, 0.3) is 0 Å². The van der Waals surface area contributed by atoms with Gasteiger partial charge in [-0.3, -0.25) is 9.97 Å². The first-order valence-corrected chi connectivity index (χ1v) is 21.8. The van der Waals surface area contributed by atoms with Crippen molar-refractivity contribution in [2.24, 2.45) is 10.8 Å². The molecule has 2 aromatic carbocycles. The van der Waals surface area contributed by atoms with Crippen molar-refractivity contribution in [3.8, 4) is 0 Å². The van der Waals surface area contributed by atoms with Crippen LogP contribution in [0.25, 0.3) is 21.8 Å². The Bertz CT molecular complexity index is 2130. The van der Waals surface area contributed by atoms with Crippen LogP contribution in [0.15, 0.2) is 60.7 Å². The van der Waals surface area contributed by atoms with Gasteiger partial charge in [-0.1, -0.05) is 76.9 Å². The highest BCUT2D eigenvalue weighted by atomic mass is 32.2. The van der Waals surface area contributed by atoms with E-state index in [9.17, 15) is 16.8 Å². The molecule has 0 saturated heterocycles. The van der Waals surface area contributed by atoms with E-state index < -0.39 is 43.0 Å². The molecule has 8 nitrogen and oxygen atoms in total. The average Bonchev–Trinajstić information content (AvgIpc) is 3.59. The minimum Gasteiger partial charge on any atom is -0.252 e. The molecule has 0 unspecified atom stereocenters. The molecular weight excluding hydrogens is 665 g/mol. The lowest BCUT2D eigenvalue weighted by Gasteiger charge is -2.40. The fourth-order valence-electron chi connectivity index (χ4n) is 11.6. The van der Waals surface area contributed by atoms with Crippen LogP contribution in [-0.2, 0) is 30.9 Å². The molecule has 2 N–H and O–H groups in total. The van der Waals surface area contributed by atoms with E-state index in [4.69, 9.17) is 9.97 Å². The first-order valence-electron chi connectivity index (χ1n) is 18.5. The van der Waals surface area contributed by atoms with E-state index in [1.165, 1.54) is 11.1 Å². The summed E-state index contributed by atoms with van der Waals surface area (Å²) in [7, 11) is -7.62. The quantitative estimate of drug-likeness (QED) is 0.204. The van der Waals surface area contributed by atoms with Crippen molar-refractivity contribution >= 4 is 41.9 Å². The lowest BCUT2D eigenvalue weighted by atomic mass is 9.70. The Morgan fingerprint density at radius 1 is 0.620 bits per heavy atom. The van der Waals surface area contributed by atoms with Gasteiger partial charge < -0.3 is 0 Å². The zero-order chi connectivity index (χ0) is 34.9. The predicted octanol–water partition coefficient (Wildman–Crippen LogP) is 6.94. The molecule has 9 rings (SSSR count). The molecule has 2 aromatic heterocycles. The topological polar surface area (TPSA) is 118 Å². The van der Waals surface area contributed by atoms with Crippen LogP contribution in [-0.4, -0.2) is 50.4 Å².